The molecular formula is C14H11ClO4. The summed E-state index contributed by atoms with van der Waals surface area (Å²) < 4.78 is 10.8. The Balaban J connectivity index is 2.17. The first-order valence-electron chi connectivity index (χ1n) is 5.52. The number of ether oxygens (including phenoxy) is 2. The van der Waals surface area contributed by atoms with Crippen molar-refractivity contribution >= 4 is 17.6 Å². The lowest BCUT2D eigenvalue weighted by molar-refractivity contribution is -0.139. The highest BCUT2D eigenvalue weighted by Gasteiger charge is 2.07. The van der Waals surface area contributed by atoms with Gasteiger partial charge in [-0.2, -0.15) is 0 Å². The summed E-state index contributed by atoms with van der Waals surface area (Å²) in [4.78, 5) is 10.5. The van der Waals surface area contributed by atoms with Gasteiger partial charge in [-0.25, -0.2) is 4.79 Å². The first-order chi connectivity index (χ1) is 9.15. The summed E-state index contributed by atoms with van der Waals surface area (Å²) in [6.45, 7) is -0.421. The number of halogens is 1. The Hall–Kier alpha value is -2.20. The molecule has 0 unspecified atom stereocenters. The molecule has 0 bridgehead atoms. The lowest BCUT2D eigenvalue weighted by atomic mass is 10.3. The van der Waals surface area contributed by atoms with Crippen molar-refractivity contribution in [3.05, 3.63) is 53.6 Å². The number of carboxylic acids is 1. The second-order valence-electron chi connectivity index (χ2n) is 3.69. The third-order valence-electron chi connectivity index (χ3n) is 2.22. The molecule has 0 aromatic heterocycles. The summed E-state index contributed by atoms with van der Waals surface area (Å²) in [7, 11) is 0. The maximum Gasteiger partial charge on any atom is 0.341 e. The highest BCUT2D eigenvalue weighted by molar-refractivity contribution is 6.30. The molecule has 0 fully saturated rings. The minimum atomic E-state index is -1.04. The van der Waals surface area contributed by atoms with Crippen LogP contribution in [0, 0.1) is 0 Å². The van der Waals surface area contributed by atoms with Crippen molar-refractivity contribution in [3.8, 4) is 17.2 Å². The summed E-state index contributed by atoms with van der Waals surface area (Å²) in [6.07, 6.45) is 0. The van der Waals surface area contributed by atoms with Crippen molar-refractivity contribution in [2.24, 2.45) is 0 Å². The molecular weight excluding hydrogens is 268 g/mol. The molecule has 0 spiro atoms. The van der Waals surface area contributed by atoms with Gasteiger partial charge >= 0.3 is 5.97 Å². The number of rotatable bonds is 5. The third-order valence-corrected chi connectivity index (χ3v) is 2.46. The molecule has 2 aromatic carbocycles. The Morgan fingerprint density at radius 3 is 2.53 bits per heavy atom. The highest BCUT2D eigenvalue weighted by atomic mass is 35.5. The van der Waals surface area contributed by atoms with Gasteiger partial charge in [0.1, 0.15) is 5.75 Å². The molecule has 0 heterocycles. The largest absolute Gasteiger partial charge is 0.479 e. The molecule has 2 rings (SSSR count). The highest BCUT2D eigenvalue weighted by Crippen LogP contribution is 2.32. The van der Waals surface area contributed by atoms with E-state index in [4.69, 9.17) is 26.2 Å². The van der Waals surface area contributed by atoms with Crippen molar-refractivity contribution in [1.82, 2.24) is 0 Å². The monoisotopic (exact) mass is 278 g/mol. The van der Waals surface area contributed by atoms with Crippen LogP contribution in [0.25, 0.3) is 0 Å². The van der Waals surface area contributed by atoms with Crippen LogP contribution in [-0.2, 0) is 4.79 Å². The molecule has 0 saturated heterocycles. The van der Waals surface area contributed by atoms with E-state index in [1.807, 2.05) is 0 Å². The normalized spacial score (nSPS) is 9.95. The molecule has 0 radical (unpaired) electrons. The fourth-order valence-corrected chi connectivity index (χ4v) is 1.63. The molecule has 0 atom stereocenters. The maximum atomic E-state index is 10.5. The molecule has 0 aliphatic carbocycles. The van der Waals surface area contributed by atoms with Crippen molar-refractivity contribution < 1.29 is 19.4 Å². The van der Waals surface area contributed by atoms with Crippen LogP contribution >= 0.6 is 11.6 Å². The average Bonchev–Trinajstić information content (AvgIpc) is 2.38. The van der Waals surface area contributed by atoms with Gasteiger partial charge in [0.2, 0.25) is 0 Å². The Morgan fingerprint density at radius 1 is 1.11 bits per heavy atom. The van der Waals surface area contributed by atoms with E-state index in [0.717, 1.165) is 0 Å². The van der Waals surface area contributed by atoms with E-state index < -0.39 is 12.6 Å². The Morgan fingerprint density at radius 2 is 1.84 bits per heavy atom. The van der Waals surface area contributed by atoms with E-state index in [0.29, 0.717) is 22.3 Å². The molecule has 0 aliphatic rings. The van der Waals surface area contributed by atoms with Gasteiger partial charge in [-0.3, -0.25) is 0 Å². The van der Waals surface area contributed by atoms with Crippen LogP contribution in [0.4, 0.5) is 0 Å². The molecule has 2 aromatic rings. The minimum absolute atomic E-state index is 0.366. The Kier molecular flexibility index (Phi) is 4.26. The molecule has 19 heavy (non-hydrogen) atoms. The standard InChI is InChI=1S/C14H11ClO4/c15-10-4-3-5-11(8-10)19-13-7-2-1-6-12(13)18-9-14(16)17/h1-8H,9H2,(H,16,17). The lowest BCUT2D eigenvalue weighted by Crippen LogP contribution is -2.09. The Labute approximate surface area is 115 Å². The van der Waals surface area contributed by atoms with Gasteiger partial charge in [-0.05, 0) is 30.3 Å². The molecule has 1 N–H and O–H groups in total. The number of hydrogen-bond donors (Lipinski definition) is 1. The van der Waals surface area contributed by atoms with Crippen LogP contribution in [0.2, 0.25) is 5.02 Å². The van der Waals surface area contributed by atoms with Crippen LogP contribution in [0.3, 0.4) is 0 Å². The van der Waals surface area contributed by atoms with Crippen molar-refractivity contribution in [2.75, 3.05) is 6.61 Å². The SMILES string of the molecule is O=C(O)COc1ccccc1Oc1cccc(Cl)c1. The van der Waals surface area contributed by atoms with E-state index in [-0.39, 0.29) is 0 Å². The van der Waals surface area contributed by atoms with Crippen LogP contribution in [0.5, 0.6) is 17.2 Å². The average molecular weight is 279 g/mol. The number of para-hydroxylation sites is 2. The smallest absolute Gasteiger partial charge is 0.341 e. The number of carbonyl (C=O) groups is 1. The Bertz CT molecular complexity index is 583. The van der Waals surface area contributed by atoms with Gasteiger partial charge in [-0.1, -0.05) is 29.8 Å². The summed E-state index contributed by atoms with van der Waals surface area (Å²) in [5, 5.41) is 9.17. The summed E-state index contributed by atoms with van der Waals surface area (Å²) in [5.41, 5.74) is 0. The molecule has 98 valence electrons. The van der Waals surface area contributed by atoms with Gasteiger partial charge in [0.05, 0.1) is 0 Å². The van der Waals surface area contributed by atoms with Gasteiger partial charge in [-0.15, -0.1) is 0 Å². The fourth-order valence-electron chi connectivity index (χ4n) is 1.45. The van der Waals surface area contributed by atoms with Gasteiger partial charge in [0, 0.05) is 5.02 Å². The van der Waals surface area contributed by atoms with E-state index in [1.54, 1.807) is 48.5 Å². The first-order valence-corrected chi connectivity index (χ1v) is 5.90. The number of benzene rings is 2. The first kappa shape index (κ1) is 13.2. The second kappa shape index (κ2) is 6.11. The van der Waals surface area contributed by atoms with Gasteiger partial charge in [0.15, 0.2) is 18.1 Å². The zero-order chi connectivity index (χ0) is 13.7. The van der Waals surface area contributed by atoms with Gasteiger partial charge in [0.25, 0.3) is 0 Å². The zero-order valence-corrected chi connectivity index (χ0v) is 10.6. The van der Waals surface area contributed by atoms with E-state index >= 15 is 0 Å². The predicted molar refractivity (Wildman–Crippen MR) is 71.1 cm³/mol. The molecule has 0 amide bonds. The van der Waals surface area contributed by atoms with Crippen LogP contribution in [0.15, 0.2) is 48.5 Å². The fraction of sp³-hybridized carbons (Fsp3) is 0.0714. The number of carboxylic acid groups (broad SMARTS) is 1. The van der Waals surface area contributed by atoms with E-state index in [1.165, 1.54) is 0 Å². The van der Waals surface area contributed by atoms with Crippen molar-refractivity contribution in [3.63, 3.8) is 0 Å². The minimum Gasteiger partial charge on any atom is -0.479 e. The third kappa shape index (κ3) is 3.89. The summed E-state index contributed by atoms with van der Waals surface area (Å²) in [6, 6.07) is 13.8. The molecule has 0 aliphatic heterocycles. The summed E-state index contributed by atoms with van der Waals surface area (Å²) >= 11 is 5.86. The second-order valence-corrected chi connectivity index (χ2v) is 4.13. The van der Waals surface area contributed by atoms with Crippen LogP contribution in [0.1, 0.15) is 0 Å². The topological polar surface area (TPSA) is 55.8 Å². The van der Waals surface area contributed by atoms with Crippen molar-refractivity contribution in [1.29, 1.82) is 0 Å². The van der Waals surface area contributed by atoms with E-state index in [2.05, 4.69) is 0 Å². The maximum absolute atomic E-state index is 10.5. The van der Waals surface area contributed by atoms with Crippen molar-refractivity contribution in [2.45, 2.75) is 0 Å². The number of hydrogen-bond acceptors (Lipinski definition) is 3. The predicted octanol–water partition coefficient (Wildman–Crippen LogP) is 3.60. The zero-order valence-electron chi connectivity index (χ0n) is 9.88. The van der Waals surface area contributed by atoms with E-state index in [9.17, 15) is 4.79 Å². The lowest BCUT2D eigenvalue weighted by Gasteiger charge is -2.11. The molecule has 5 heteroatoms. The molecule has 0 saturated carbocycles. The summed E-state index contributed by atoms with van der Waals surface area (Å²) in [5.74, 6) is 0.312. The van der Waals surface area contributed by atoms with Crippen LogP contribution in [-0.4, -0.2) is 17.7 Å². The van der Waals surface area contributed by atoms with Gasteiger partial charge < -0.3 is 14.6 Å². The van der Waals surface area contributed by atoms with Crippen LogP contribution < -0.4 is 9.47 Å². The number of aliphatic carboxylic acids is 1. The quantitative estimate of drug-likeness (QED) is 0.908. The molecule has 4 nitrogen and oxygen atoms in total.